The molecule has 0 saturated carbocycles. The number of hydrogen-bond donors (Lipinski definition) is 1. The van der Waals surface area contributed by atoms with E-state index >= 15 is 0 Å². The predicted molar refractivity (Wildman–Crippen MR) is 99.1 cm³/mol. The van der Waals surface area contributed by atoms with E-state index in [2.05, 4.69) is 15.2 Å². The molecule has 2 aromatic carbocycles. The highest BCUT2D eigenvalue weighted by Crippen LogP contribution is 2.31. The first-order chi connectivity index (χ1) is 13.5. The summed E-state index contributed by atoms with van der Waals surface area (Å²) in [5, 5.41) is 9.49. The number of halogens is 3. The largest absolute Gasteiger partial charge is 0.484 e. The standard InChI is InChI=1S/C19H14F3N3O2S/c20-19(21,22)11-26-13-5-3-4-12(8-13)10-28-18-25-24-17(27-18)15-9-23-16-7-2-1-6-14(15)16/h1-9,23H,10-11H2. The fourth-order valence-corrected chi connectivity index (χ4v) is 3.37. The van der Waals surface area contributed by atoms with Crippen LogP contribution in [0, 0.1) is 0 Å². The number of H-pyrrole nitrogens is 1. The second-order valence-corrected chi connectivity index (χ2v) is 6.89. The molecule has 1 N–H and O–H groups in total. The molecule has 0 radical (unpaired) electrons. The van der Waals surface area contributed by atoms with Gasteiger partial charge in [0.1, 0.15) is 5.75 Å². The van der Waals surface area contributed by atoms with Crippen LogP contribution < -0.4 is 4.74 Å². The van der Waals surface area contributed by atoms with Gasteiger partial charge in [0, 0.05) is 22.9 Å². The third-order valence-corrected chi connectivity index (χ3v) is 4.78. The Hall–Kier alpha value is -2.94. The molecule has 0 unspecified atom stereocenters. The molecular formula is C19H14F3N3O2S. The summed E-state index contributed by atoms with van der Waals surface area (Å²) < 4.78 is 47.3. The number of nitrogens with one attached hydrogen (secondary N) is 1. The molecule has 4 aromatic rings. The molecule has 0 amide bonds. The molecule has 4 rings (SSSR count). The van der Waals surface area contributed by atoms with Gasteiger partial charge in [-0.15, -0.1) is 10.2 Å². The fourth-order valence-electron chi connectivity index (χ4n) is 2.66. The Kier molecular flexibility index (Phi) is 4.99. The number of benzene rings is 2. The quantitative estimate of drug-likeness (QED) is 0.432. The van der Waals surface area contributed by atoms with Crippen molar-refractivity contribution in [3.63, 3.8) is 0 Å². The van der Waals surface area contributed by atoms with Crippen LogP contribution in [-0.2, 0) is 5.75 Å². The number of rotatable bonds is 6. The van der Waals surface area contributed by atoms with Gasteiger partial charge >= 0.3 is 6.18 Å². The zero-order valence-corrected chi connectivity index (χ0v) is 15.2. The third-order valence-electron chi connectivity index (χ3n) is 3.89. The van der Waals surface area contributed by atoms with Gasteiger partial charge in [-0.1, -0.05) is 42.1 Å². The lowest BCUT2D eigenvalue weighted by Crippen LogP contribution is -2.19. The number of aromatic nitrogens is 3. The smallest absolute Gasteiger partial charge is 0.422 e. The van der Waals surface area contributed by atoms with E-state index in [1.807, 2.05) is 30.5 Å². The first-order valence-electron chi connectivity index (χ1n) is 8.29. The van der Waals surface area contributed by atoms with E-state index in [0.29, 0.717) is 16.9 Å². The predicted octanol–water partition coefficient (Wildman–Crippen LogP) is 5.45. The normalized spacial score (nSPS) is 11.8. The Labute approximate surface area is 161 Å². The first kappa shape index (κ1) is 18.4. The van der Waals surface area contributed by atoms with Gasteiger partial charge in [0.15, 0.2) is 6.61 Å². The molecule has 2 heterocycles. The van der Waals surface area contributed by atoms with E-state index in [1.54, 1.807) is 18.2 Å². The van der Waals surface area contributed by atoms with Crippen LogP contribution in [0.3, 0.4) is 0 Å². The minimum atomic E-state index is -4.37. The zero-order chi connectivity index (χ0) is 19.6. The molecule has 2 aromatic heterocycles. The number of nitrogens with zero attached hydrogens (tertiary/aromatic N) is 2. The van der Waals surface area contributed by atoms with Crippen molar-refractivity contribution >= 4 is 22.7 Å². The number of fused-ring (bicyclic) bond motifs is 1. The second kappa shape index (κ2) is 7.59. The molecule has 0 saturated heterocycles. The number of hydrogen-bond acceptors (Lipinski definition) is 5. The minimum absolute atomic E-state index is 0.167. The highest BCUT2D eigenvalue weighted by atomic mass is 32.2. The molecular weight excluding hydrogens is 391 g/mol. The Morgan fingerprint density at radius 3 is 2.79 bits per heavy atom. The van der Waals surface area contributed by atoms with Gasteiger partial charge in [-0.3, -0.25) is 0 Å². The zero-order valence-electron chi connectivity index (χ0n) is 14.4. The van der Waals surface area contributed by atoms with Gasteiger partial charge in [0.05, 0.1) is 5.56 Å². The summed E-state index contributed by atoms with van der Waals surface area (Å²) in [6.07, 6.45) is -2.55. The Bertz CT molecular complexity index is 1090. The van der Waals surface area contributed by atoms with Crippen LogP contribution in [0.5, 0.6) is 5.75 Å². The summed E-state index contributed by atoms with van der Waals surface area (Å²) in [6, 6.07) is 14.3. The van der Waals surface area contributed by atoms with Gasteiger partial charge in [0.2, 0.25) is 0 Å². The lowest BCUT2D eigenvalue weighted by molar-refractivity contribution is -0.153. The number of thioether (sulfide) groups is 1. The molecule has 28 heavy (non-hydrogen) atoms. The van der Waals surface area contributed by atoms with Crippen LogP contribution in [-0.4, -0.2) is 28.0 Å². The number of alkyl halides is 3. The molecule has 0 aliphatic rings. The Balaban J connectivity index is 1.42. The summed E-state index contributed by atoms with van der Waals surface area (Å²) in [4.78, 5) is 3.15. The summed E-state index contributed by atoms with van der Waals surface area (Å²) in [5.74, 6) is 1.03. The van der Waals surface area contributed by atoms with Crippen LogP contribution in [0.4, 0.5) is 13.2 Å². The van der Waals surface area contributed by atoms with Gasteiger partial charge in [-0.2, -0.15) is 13.2 Å². The van der Waals surface area contributed by atoms with Crippen LogP contribution in [0.2, 0.25) is 0 Å². The monoisotopic (exact) mass is 405 g/mol. The van der Waals surface area contributed by atoms with Gasteiger partial charge in [-0.05, 0) is 23.8 Å². The maximum Gasteiger partial charge on any atom is 0.422 e. The van der Waals surface area contributed by atoms with E-state index in [9.17, 15) is 13.2 Å². The molecule has 0 fully saturated rings. The van der Waals surface area contributed by atoms with Crippen molar-refractivity contribution in [3.05, 3.63) is 60.3 Å². The summed E-state index contributed by atoms with van der Waals surface area (Å²) >= 11 is 1.30. The molecule has 9 heteroatoms. The van der Waals surface area contributed by atoms with E-state index in [1.165, 1.54) is 17.8 Å². The van der Waals surface area contributed by atoms with E-state index in [4.69, 9.17) is 9.15 Å². The van der Waals surface area contributed by atoms with Crippen molar-refractivity contribution < 1.29 is 22.3 Å². The summed E-state index contributed by atoms with van der Waals surface area (Å²) in [7, 11) is 0. The Morgan fingerprint density at radius 2 is 1.93 bits per heavy atom. The fraction of sp³-hybridized carbons (Fsp3) is 0.158. The molecule has 0 bridgehead atoms. The molecule has 0 aliphatic carbocycles. The molecule has 0 aliphatic heterocycles. The molecule has 144 valence electrons. The average Bonchev–Trinajstić information content (AvgIpc) is 3.31. The maximum atomic E-state index is 12.3. The highest BCUT2D eigenvalue weighted by molar-refractivity contribution is 7.98. The summed E-state index contributed by atoms with van der Waals surface area (Å²) in [5.41, 5.74) is 2.58. The van der Waals surface area contributed by atoms with Gasteiger partial charge < -0.3 is 14.1 Å². The van der Waals surface area contributed by atoms with Crippen LogP contribution >= 0.6 is 11.8 Å². The van der Waals surface area contributed by atoms with Crippen molar-refractivity contribution in [1.82, 2.24) is 15.2 Å². The lowest BCUT2D eigenvalue weighted by Gasteiger charge is -2.09. The lowest BCUT2D eigenvalue weighted by atomic mass is 10.2. The highest BCUT2D eigenvalue weighted by Gasteiger charge is 2.28. The van der Waals surface area contributed by atoms with Crippen molar-refractivity contribution in [1.29, 1.82) is 0 Å². The minimum Gasteiger partial charge on any atom is -0.484 e. The SMILES string of the molecule is FC(F)(F)COc1cccc(CSc2nnc(-c3c[nH]c4ccccc34)o2)c1. The number of ether oxygens (including phenoxy) is 1. The van der Waals surface area contributed by atoms with Crippen LogP contribution in [0.15, 0.2) is 64.4 Å². The summed E-state index contributed by atoms with van der Waals surface area (Å²) in [6.45, 7) is -1.32. The van der Waals surface area contributed by atoms with Crippen LogP contribution in [0.25, 0.3) is 22.4 Å². The molecule has 0 atom stereocenters. The van der Waals surface area contributed by atoms with E-state index < -0.39 is 12.8 Å². The van der Waals surface area contributed by atoms with Gasteiger partial charge in [0.25, 0.3) is 11.1 Å². The van der Waals surface area contributed by atoms with Gasteiger partial charge in [-0.25, -0.2) is 0 Å². The average molecular weight is 405 g/mol. The van der Waals surface area contributed by atoms with Crippen molar-refractivity contribution in [2.45, 2.75) is 17.2 Å². The second-order valence-electron chi connectivity index (χ2n) is 5.96. The van der Waals surface area contributed by atoms with Crippen molar-refractivity contribution in [2.75, 3.05) is 6.61 Å². The Morgan fingerprint density at radius 1 is 1.07 bits per heavy atom. The first-order valence-corrected chi connectivity index (χ1v) is 9.28. The molecule has 5 nitrogen and oxygen atoms in total. The van der Waals surface area contributed by atoms with Crippen LogP contribution in [0.1, 0.15) is 5.56 Å². The third kappa shape index (κ3) is 4.30. The van der Waals surface area contributed by atoms with E-state index in [0.717, 1.165) is 22.0 Å². The number of para-hydroxylation sites is 1. The molecule has 0 spiro atoms. The van der Waals surface area contributed by atoms with E-state index in [-0.39, 0.29) is 5.75 Å². The number of aromatic amines is 1. The topological polar surface area (TPSA) is 63.9 Å². The van der Waals surface area contributed by atoms with Crippen molar-refractivity contribution in [3.8, 4) is 17.2 Å². The van der Waals surface area contributed by atoms with Crippen molar-refractivity contribution in [2.24, 2.45) is 0 Å². The maximum absolute atomic E-state index is 12.3.